The van der Waals surface area contributed by atoms with Crippen molar-refractivity contribution in [3.8, 4) is 0 Å². The molecular formula is C16H35IN4O2. The highest BCUT2D eigenvalue weighted by Crippen LogP contribution is 2.11. The third kappa shape index (κ3) is 11.4. The maximum absolute atomic E-state index is 12.0. The van der Waals surface area contributed by atoms with Crippen molar-refractivity contribution < 1.29 is 9.53 Å². The van der Waals surface area contributed by atoms with Crippen LogP contribution in [-0.2, 0) is 4.74 Å². The predicted octanol–water partition coefficient (Wildman–Crippen LogP) is 3.21. The van der Waals surface area contributed by atoms with Gasteiger partial charge in [0.1, 0.15) is 5.60 Å². The molecule has 0 saturated carbocycles. The lowest BCUT2D eigenvalue weighted by molar-refractivity contribution is 0.0230. The Morgan fingerprint density at radius 1 is 1.30 bits per heavy atom. The van der Waals surface area contributed by atoms with Crippen LogP contribution in [0.2, 0.25) is 0 Å². The summed E-state index contributed by atoms with van der Waals surface area (Å²) in [4.78, 5) is 17.8. The Morgan fingerprint density at radius 2 is 1.87 bits per heavy atom. The molecule has 0 aliphatic carbocycles. The molecule has 0 aliphatic rings. The first-order valence-corrected chi connectivity index (χ1v) is 8.03. The zero-order valence-corrected chi connectivity index (χ0v) is 18.2. The summed E-state index contributed by atoms with van der Waals surface area (Å²) in [6, 6.07) is 0.470. The van der Waals surface area contributed by atoms with Crippen LogP contribution in [0.1, 0.15) is 54.4 Å². The molecule has 6 nitrogen and oxygen atoms in total. The van der Waals surface area contributed by atoms with E-state index < -0.39 is 5.60 Å². The number of halogens is 1. The van der Waals surface area contributed by atoms with Gasteiger partial charge >= 0.3 is 6.09 Å². The minimum Gasteiger partial charge on any atom is -0.444 e. The van der Waals surface area contributed by atoms with Crippen LogP contribution in [0.5, 0.6) is 0 Å². The molecule has 0 bridgehead atoms. The van der Waals surface area contributed by atoms with E-state index >= 15 is 0 Å². The fourth-order valence-electron chi connectivity index (χ4n) is 1.64. The molecule has 2 atom stereocenters. The van der Waals surface area contributed by atoms with Gasteiger partial charge in [0.15, 0.2) is 5.96 Å². The van der Waals surface area contributed by atoms with Crippen molar-refractivity contribution in [2.24, 2.45) is 4.99 Å². The number of amides is 1. The van der Waals surface area contributed by atoms with Crippen LogP contribution in [0.4, 0.5) is 4.79 Å². The standard InChI is InChI=1S/C16H34N4O2.HI/c1-9-12(2)19-14(17-7)18-11-10-13(3)20(8)15(21)22-16(4,5)6;/h12-13H,9-11H2,1-8H3,(H2,17,18,19);1H. The monoisotopic (exact) mass is 442 g/mol. The fourth-order valence-corrected chi connectivity index (χ4v) is 1.64. The molecule has 0 heterocycles. The summed E-state index contributed by atoms with van der Waals surface area (Å²) in [5, 5.41) is 6.57. The van der Waals surface area contributed by atoms with E-state index in [-0.39, 0.29) is 36.1 Å². The molecule has 0 saturated heterocycles. The van der Waals surface area contributed by atoms with Crippen molar-refractivity contribution in [3.63, 3.8) is 0 Å². The average Bonchev–Trinajstić information content (AvgIpc) is 2.42. The fraction of sp³-hybridized carbons (Fsp3) is 0.875. The summed E-state index contributed by atoms with van der Waals surface area (Å²) < 4.78 is 5.37. The van der Waals surface area contributed by atoms with Gasteiger partial charge in [0.05, 0.1) is 0 Å². The first-order chi connectivity index (χ1) is 10.1. The van der Waals surface area contributed by atoms with Crippen molar-refractivity contribution >= 4 is 36.0 Å². The number of ether oxygens (including phenoxy) is 1. The SMILES string of the molecule is CCC(C)NC(=NC)NCCC(C)N(C)C(=O)OC(C)(C)C.I. The second-order valence-electron chi connectivity index (χ2n) is 6.68. The van der Waals surface area contributed by atoms with Gasteiger partial charge in [-0.3, -0.25) is 4.99 Å². The van der Waals surface area contributed by atoms with Crippen LogP contribution < -0.4 is 10.6 Å². The number of carbonyl (C=O) groups is 1. The third-order valence-corrected chi connectivity index (χ3v) is 3.42. The Labute approximate surface area is 158 Å². The maximum atomic E-state index is 12.0. The zero-order valence-electron chi connectivity index (χ0n) is 15.9. The molecular weight excluding hydrogens is 407 g/mol. The molecule has 0 aromatic heterocycles. The summed E-state index contributed by atoms with van der Waals surface area (Å²) >= 11 is 0. The van der Waals surface area contributed by atoms with Gasteiger partial charge < -0.3 is 20.3 Å². The van der Waals surface area contributed by atoms with Crippen molar-refractivity contribution in [1.29, 1.82) is 0 Å². The van der Waals surface area contributed by atoms with Crippen LogP contribution in [0, 0.1) is 0 Å². The van der Waals surface area contributed by atoms with Crippen LogP contribution >= 0.6 is 24.0 Å². The number of nitrogens with one attached hydrogen (secondary N) is 2. The first kappa shape index (κ1) is 24.5. The first-order valence-electron chi connectivity index (χ1n) is 8.03. The largest absolute Gasteiger partial charge is 0.444 e. The number of guanidine groups is 1. The van der Waals surface area contributed by atoms with E-state index in [1.807, 2.05) is 27.7 Å². The van der Waals surface area contributed by atoms with E-state index in [1.165, 1.54) is 0 Å². The molecule has 0 aromatic carbocycles. The third-order valence-electron chi connectivity index (χ3n) is 3.42. The Morgan fingerprint density at radius 3 is 2.30 bits per heavy atom. The second-order valence-corrected chi connectivity index (χ2v) is 6.68. The number of hydrogen-bond donors (Lipinski definition) is 2. The predicted molar refractivity (Wildman–Crippen MR) is 108 cm³/mol. The topological polar surface area (TPSA) is 66.0 Å². The lowest BCUT2D eigenvalue weighted by Gasteiger charge is -2.29. The number of carbonyl (C=O) groups excluding carboxylic acids is 1. The van der Waals surface area contributed by atoms with Gasteiger partial charge in [0, 0.05) is 32.7 Å². The zero-order chi connectivity index (χ0) is 17.3. The molecule has 0 aromatic rings. The number of nitrogens with zero attached hydrogens (tertiary/aromatic N) is 2. The normalized spacial score (nSPS) is 14.3. The molecule has 23 heavy (non-hydrogen) atoms. The lowest BCUT2D eigenvalue weighted by atomic mass is 10.2. The molecule has 0 aliphatic heterocycles. The van der Waals surface area contributed by atoms with Crippen LogP contribution in [-0.4, -0.2) is 55.3 Å². The molecule has 7 heteroatoms. The Hall–Kier alpha value is -0.730. The van der Waals surface area contributed by atoms with Crippen molar-refractivity contribution in [1.82, 2.24) is 15.5 Å². The number of aliphatic imine (C=N–C) groups is 1. The Balaban J connectivity index is 0. The minimum atomic E-state index is -0.467. The smallest absolute Gasteiger partial charge is 0.410 e. The lowest BCUT2D eigenvalue weighted by Crippen LogP contribution is -2.44. The van der Waals surface area contributed by atoms with Gasteiger partial charge in [0.2, 0.25) is 0 Å². The van der Waals surface area contributed by atoms with Crippen molar-refractivity contribution in [2.75, 3.05) is 20.6 Å². The highest BCUT2D eigenvalue weighted by Gasteiger charge is 2.22. The van der Waals surface area contributed by atoms with E-state index in [1.54, 1.807) is 19.0 Å². The van der Waals surface area contributed by atoms with Gasteiger partial charge in [-0.25, -0.2) is 4.79 Å². The minimum absolute atomic E-state index is 0. The summed E-state index contributed by atoms with van der Waals surface area (Å²) in [6.45, 7) is 12.6. The van der Waals surface area contributed by atoms with E-state index in [4.69, 9.17) is 4.74 Å². The molecule has 138 valence electrons. The highest BCUT2D eigenvalue weighted by molar-refractivity contribution is 14.0. The van der Waals surface area contributed by atoms with Crippen molar-refractivity contribution in [2.45, 2.75) is 72.1 Å². The number of rotatable bonds is 6. The Kier molecular flexibility index (Phi) is 12.5. The summed E-state index contributed by atoms with van der Waals surface area (Å²) in [7, 11) is 3.53. The van der Waals surface area contributed by atoms with Crippen LogP contribution in [0.15, 0.2) is 4.99 Å². The van der Waals surface area contributed by atoms with Gasteiger partial charge in [-0.1, -0.05) is 6.92 Å². The Bertz CT molecular complexity index is 370. The van der Waals surface area contributed by atoms with E-state index in [2.05, 4.69) is 29.5 Å². The number of hydrogen-bond acceptors (Lipinski definition) is 3. The molecule has 0 rings (SSSR count). The summed E-state index contributed by atoms with van der Waals surface area (Å²) in [5.74, 6) is 0.793. The van der Waals surface area contributed by atoms with Gasteiger partial charge in [-0.15, -0.1) is 24.0 Å². The molecule has 1 amide bonds. The highest BCUT2D eigenvalue weighted by atomic mass is 127. The van der Waals surface area contributed by atoms with Gasteiger partial charge in [-0.05, 0) is 47.5 Å². The maximum Gasteiger partial charge on any atom is 0.410 e. The summed E-state index contributed by atoms with van der Waals surface area (Å²) in [6.07, 6.45) is 1.57. The molecule has 2 N–H and O–H groups in total. The van der Waals surface area contributed by atoms with Crippen LogP contribution in [0.25, 0.3) is 0 Å². The summed E-state index contributed by atoms with van der Waals surface area (Å²) in [5.41, 5.74) is -0.467. The molecule has 0 fully saturated rings. The van der Waals surface area contributed by atoms with Gasteiger partial charge in [0.25, 0.3) is 0 Å². The quantitative estimate of drug-likeness (QED) is 0.377. The van der Waals surface area contributed by atoms with E-state index in [0.717, 1.165) is 25.3 Å². The van der Waals surface area contributed by atoms with E-state index in [0.29, 0.717) is 6.04 Å². The average molecular weight is 442 g/mol. The molecule has 2 unspecified atom stereocenters. The van der Waals surface area contributed by atoms with Crippen molar-refractivity contribution in [3.05, 3.63) is 0 Å². The second kappa shape index (κ2) is 11.8. The molecule has 0 radical (unpaired) electrons. The molecule has 0 spiro atoms. The van der Waals surface area contributed by atoms with E-state index in [9.17, 15) is 4.79 Å². The van der Waals surface area contributed by atoms with Crippen LogP contribution in [0.3, 0.4) is 0 Å². The van der Waals surface area contributed by atoms with Gasteiger partial charge in [-0.2, -0.15) is 0 Å².